The lowest BCUT2D eigenvalue weighted by atomic mass is 10.1. The lowest BCUT2D eigenvalue weighted by Crippen LogP contribution is -2.30. The lowest BCUT2D eigenvalue weighted by Gasteiger charge is -2.09. The Morgan fingerprint density at radius 2 is 2.06 bits per heavy atom. The zero-order chi connectivity index (χ0) is 24.3. The van der Waals surface area contributed by atoms with Crippen molar-refractivity contribution in [2.24, 2.45) is 5.73 Å². The number of ether oxygens (including phenoxy) is 2. The van der Waals surface area contributed by atoms with Crippen molar-refractivity contribution in [2.75, 3.05) is 13.7 Å². The summed E-state index contributed by atoms with van der Waals surface area (Å²) in [5.74, 6) is -2.65. The fourth-order valence-corrected chi connectivity index (χ4v) is 3.09. The van der Waals surface area contributed by atoms with Crippen LogP contribution in [0, 0.1) is 10.1 Å². The number of halogens is 1. The third-order valence-electron chi connectivity index (χ3n) is 4.24. The van der Waals surface area contributed by atoms with Crippen LogP contribution < -0.4 is 15.8 Å². The highest BCUT2D eigenvalue weighted by Gasteiger charge is 2.34. The summed E-state index contributed by atoms with van der Waals surface area (Å²) in [7, 11) is 1.17. The molecule has 172 valence electrons. The number of carbonyl (C=O) groups excluding carboxylic acids is 4. The summed E-state index contributed by atoms with van der Waals surface area (Å²) >= 11 is 6.04. The van der Waals surface area contributed by atoms with E-state index in [2.05, 4.69) is 10.1 Å². The van der Waals surface area contributed by atoms with Crippen LogP contribution in [-0.2, 0) is 20.9 Å². The second kappa shape index (κ2) is 9.40. The normalized spacial score (nSPS) is 14.4. The maximum atomic E-state index is 12.7. The maximum Gasteiger partial charge on any atom is 0.373 e. The van der Waals surface area contributed by atoms with Gasteiger partial charge in [0.1, 0.15) is 11.5 Å². The number of furan rings is 1. The molecule has 1 aromatic heterocycles. The van der Waals surface area contributed by atoms with Crippen molar-refractivity contribution < 1.29 is 38.0 Å². The van der Waals surface area contributed by atoms with Crippen LogP contribution in [-0.4, -0.2) is 47.4 Å². The van der Waals surface area contributed by atoms with Gasteiger partial charge in [0.05, 0.1) is 23.6 Å². The third-order valence-corrected chi connectivity index (χ3v) is 4.52. The first-order chi connectivity index (χ1) is 15.6. The Hall–Kier alpha value is -4.39. The molecule has 1 aromatic carbocycles. The Labute approximate surface area is 189 Å². The van der Waals surface area contributed by atoms with E-state index in [1.54, 1.807) is 0 Å². The van der Waals surface area contributed by atoms with Crippen LogP contribution in [0.2, 0.25) is 5.02 Å². The largest absolute Gasteiger partial charge is 0.476 e. The summed E-state index contributed by atoms with van der Waals surface area (Å²) in [4.78, 5) is 58.7. The van der Waals surface area contributed by atoms with E-state index in [0.29, 0.717) is 0 Å². The van der Waals surface area contributed by atoms with Crippen LogP contribution in [0.25, 0.3) is 6.08 Å². The Morgan fingerprint density at radius 3 is 2.70 bits per heavy atom. The van der Waals surface area contributed by atoms with Gasteiger partial charge in [0, 0.05) is 6.07 Å². The van der Waals surface area contributed by atoms with Gasteiger partial charge >= 0.3 is 17.7 Å². The van der Waals surface area contributed by atoms with Crippen molar-refractivity contribution in [3.8, 4) is 5.75 Å². The molecule has 1 saturated heterocycles. The summed E-state index contributed by atoms with van der Waals surface area (Å²) in [5, 5.41) is 13.5. The second-order valence-electron chi connectivity index (χ2n) is 6.50. The molecule has 2 aromatic rings. The number of benzene rings is 1. The van der Waals surface area contributed by atoms with Gasteiger partial charge in [0.2, 0.25) is 11.5 Å². The summed E-state index contributed by atoms with van der Waals surface area (Å²) in [6.07, 6.45) is 1.18. The molecule has 0 aliphatic carbocycles. The summed E-state index contributed by atoms with van der Waals surface area (Å²) < 4.78 is 14.8. The van der Waals surface area contributed by atoms with Crippen LogP contribution >= 0.6 is 11.6 Å². The van der Waals surface area contributed by atoms with Crippen molar-refractivity contribution in [3.63, 3.8) is 0 Å². The average molecular weight is 479 g/mol. The highest BCUT2D eigenvalue weighted by Crippen LogP contribution is 2.37. The number of hydrogen-bond donors (Lipinski definition) is 2. The number of methoxy groups -OCH3 is 1. The Bertz CT molecular complexity index is 1200. The van der Waals surface area contributed by atoms with Gasteiger partial charge in [-0.25, -0.2) is 9.59 Å². The van der Waals surface area contributed by atoms with Crippen LogP contribution in [0.3, 0.4) is 0 Å². The topological polar surface area (TPSA) is 184 Å². The number of nitrogens with one attached hydrogen (secondary N) is 1. The van der Waals surface area contributed by atoms with E-state index in [1.807, 2.05) is 0 Å². The molecule has 0 bridgehead atoms. The number of imide groups is 1. The van der Waals surface area contributed by atoms with Gasteiger partial charge in [-0.2, -0.15) is 0 Å². The van der Waals surface area contributed by atoms with Crippen LogP contribution in [0.15, 0.2) is 34.4 Å². The molecule has 13 nitrogen and oxygen atoms in total. The molecule has 3 rings (SSSR count). The number of rotatable bonds is 8. The van der Waals surface area contributed by atoms with Crippen molar-refractivity contribution >= 4 is 47.2 Å². The van der Waals surface area contributed by atoms with Gasteiger partial charge < -0.3 is 24.9 Å². The third kappa shape index (κ3) is 5.10. The fourth-order valence-electron chi connectivity index (χ4n) is 2.82. The molecule has 1 aliphatic heterocycles. The Balaban J connectivity index is 1.85. The van der Waals surface area contributed by atoms with Gasteiger partial charge in [-0.1, -0.05) is 11.6 Å². The summed E-state index contributed by atoms with van der Waals surface area (Å²) in [6, 6.07) is 4.26. The molecule has 0 saturated carbocycles. The number of esters is 1. The molecule has 2 heterocycles. The molecule has 0 atom stereocenters. The Kier molecular flexibility index (Phi) is 6.63. The summed E-state index contributed by atoms with van der Waals surface area (Å²) in [6.45, 7) is -0.908. The van der Waals surface area contributed by atoms with E-state index >= 15 is 0 Å². The number of urea groups is 1. The van der Waals surface area contributed by atoms with Crippen molar-refractivity contribution in [1.29, 1.82) is 0 Å². The van der Waals surface area contributed by atoms with E-state index in [9.17, 15) is 29.3 Å². The highest BCUT2D eigenvalue weighted by molar-refractivity contribution is 6.32. The van der Waals surface area contributed by atoms with Gasteiger partial charge in [0.15, 0.2) is 6.61 Å². The van der Waals surface area contributed by atoms with Crippen LogP contribution in [0.5, 0.6) is 5.75 Å². The van der Waals surface area contributed by atoms with E-state index in [1.165, 1.54) is 31.4 Å². The molecule has 0 spiro atoms. The predicted octanol–water partition coefficient (Wildman–Crippen LogP) is 1.58. The van der Waals surface area contributed by atoms with E-state index in [0.717, 1.165) is 11.0 Å². The molecule has 4 amide bonds. The van der Waals surface area contributed by atoms with E-state index in [4.69, 9.17) is 26.5 Å². The van der Waals surface area contributed by atoms with Gasteiger partial charge in [-0.05, 0) is 29.8 Å². The average Bonchev–Trinajstić information content (AvgIpc) is 3.32. The Morgan fingerprint density at radius 1 is 1.33 bits per heavy atom. The smallest absolute Gasteiger partial charge is 0.373 e. The minimum Gasteiger partial charge on any atom is -0.476 e. The number of nitro benzene ring substituents is 1. The van der Waals surface area contributed by atoms with Crippen molar-refractivity contribution in [1.82, 2.24) is 10.2 Å². The maximum absolute atomic E-state index is 12.7. The number of carbonyl (C=O) groups is 4. The molecule has 0 unspecified atom stereocenters. The number of amides is 4. The molecule has 1 aliphatic rings. The first-order valence-corrected chi connectivity index (χ1v) is 9.39. The number of hydrogen-bond acceptors (Lipinski definition) is 9. The standard InChI is InChI=1S/C19H15ClN4O9/c1-31-18(27)14-3-2-10(33-14)7-23-17(26)12(22-19(23)28)5-9-4-11(20)16(32-8-15(21)25)13(6-9)24(29)30/h2-6H,7-8H2,1H3,(H2,21,25)(H,22,28)/b12-5-. The van der Waals surface area contributed by atoms with Crippen molar-refractivity contribution in [2.45, 2.75) is 6.54 Å². The molecule has 0 radical (unpaired) electrons. The quantitative estimate of drug-likeness (QED) is 0.187. The monoisotopic (exact) mass is 478 g/mol. The van der Waals surface area contributed by atoms with Gasteiger partial charge in [0.25, 0.3) is 11.8 Å². The second-order valence-corrected chi connectivity index (χ2v) is 6.91. The highest BCUT2D eigenvalue weighted by atomic mass is 35.5. The zero-order valence-electron chi connectivity index (χ0n) is 16.8. The number of nitro groups is 1. The molecule has 1 fully saturated rings. The number of nitrogens with two attached hydrogens (primary N) is 1. The molecule has 3 N–H and O–H groups in total. The SMILES string of the molecule is COC(=O)c1ccc(CN2C(=O)N/C(=C\c3cc(Cl)c(OCC(N)=O)c([N+](=O)[O-])c3)C2=O)o1. The summed E-state index contributed by atoms with van der Waals surface area (Å²) in [5.41, 5.74) is 4.32. The zero-order valence-corrected chi connectivity index (χ0v) is 17.6. The predicted molar refractivity (Wildman–Crippen MR) is 110 cm³/mol. The van der Waals surface area contributed by atoms with E-state index < -0.39 is 41.0 Å². The molecule has 14 heteroatoms. The van der Waals surface area contributed by atoms with E-state index in [-0.39, 0.29) is 40.1 Å². The lowest BCUT2D eigenvalue weighted by molar-refractivity contribution is -0.385. The van der Waals surface area contributed by atoms with Crippen LogP contribution in [0.1, 0.15) is 21.9 Å². The number of primary amides is 1. The van der Waals surface area contributed by atoms with Gasteiger partial charge in [-0.15, -0.1) is 0 Å². The molecule has 33 heavy (non-hydrogen) atoms. The number of nitrogens with zero attached hydrogens (tertiary/aromatic N) is 2. The van der Waals surface area contributed by atoms with Gasteiger partial charge in [-0.3, -0.25) is 24.6 Å². The van der Waals surface area contributed by atoms with Crippen molar-refractivity contribution in [3.05, 3.63) is 62.2 Å². The fraction of sp³-hybridized carbons (Fsp3) is 0.158. The molecular formula is C19H15ClN4O9. The minimum absolute atomic E-state index is 0.101. The first kappa shape index (κ1) is 23.3. The minimum atomic E-state index is -0.860. The van der Waals surface area contributed by atoms with Crippen LogP contribution in [0.4, 0.5) is 10.5 Å². The first-order valence-electron chi connectivity index (χ1n) is 9.01. The molecular weight excluding hydrogens is 464 g/mol.